The summed E-state index contributed by atoms with van der Waals surface area (Å²) in [4.78, 5) is 5.44. The molecular weight excluding hydrogens is 234 g/mol. The molecule has 0 radical (unpaired) electrons. The Morgan fingerprint density at radius 2 is 1.74 bits per heavy atom. The molecule has 2 heterocycles. The van der Waals surface area contributed by atoms with Gasteiger partial charge >= 0.3 is 0 Å². The van der Waals surface area contributed by atoms with Crippen molar-refractivity contribution in [2.45, 2.75) is 63.5 Å². The van der Waals surface area contributed by atoms with Crippen LogP contribution in [0.25, 0.3) is 0 Å². The Morgan fingerprint density at radius 1 is 0.895 bits per heavy atom. The fraction of sp³-hybridized carbons (Fsp3) is 1.00. The van der Waals surface area contributed by atoms with E-state index in [-0.39, 0.29) is 0 Å². The lowest BCUT2D eigenvalue weighted by atomic mass is 10.2. The zero-order chi connectivity index (χ0) is 12.9. The van der Waals surface area contributed by atoms with E-state index >= 15 is 0 Å². The molecule has 3 nitrogen and oxygen atoms in total. The summed E-state index contributed by atoms with van der Waals surface area (Å²) in [5, 5.41) is 3.61. The Hall–Kier alpha value is -0.120. The third-order valence-electron chi connectivity index (χ3n) is 5.07. The van der Waals surface area contributed by atoms with Crippen molar-refractivity contribution in [2.24, 2.45) is 0 Å². The highest BCUT2D eigenvalue weighted by atomic mass is 15.3. The molecule has 2 saturated heterocycles. The molecule has 0 amide bonds. The van der Waals surface area contributed by atoms with Crippen molar-refractivity contribution >= 4 is 0 Å². The summed E-state index contributed by atoms with van der Waals surface area (Å²) in [6, 6.07) is 1.78. The third kappa shape index (κ3) is 4.44. The van der Waals surface area contributed by atoms with E-state index in [1.165, 1.54) is 90.6 Å². The fourth-order valence-electron chi connectivity index (χ4n) is 3.65. The minimum Gasteiger partial charge on any atom is -0.314 e. The smallest absolute Gasteiger partial charge is 0.0235 e. The highest BCUT2D eigenvalue weighted by Gasteiger charge is 2.28. The Balaban J connectivity index is 1.21. The summed E-state index contributed by atoms with van der Waals surface area (Å²) in [7, 11) is 0. The molecule has 0 bridgehead atoms. The van der Waals surface area contributed by atoms with Gasteiger partial charge in [0.15, 0.2) is 0 Å². The van der Waals surface area contributed by atoms with E-state index in [1.54, 1.807) is 0 Å². The van der Waals surface area contributed by atoms with E-state index in [0.29, 0.717) is 0 Å². The van der Waals surface area contributed by atoms with Crippen LogP contribution in [-0.2, 0) is 0 Å². The first kappa shape index (κ1) is 13.8. The fourth-order valence-corrected chi connectivity index (χ4v) is 3.65. The van der Waals surface area contributed by atoms with Crippen LogP contribution in [0.1, 0.15) is 51.4 Å². The van der Waals surface area contributed by atoms with Gasteiger partial charge in [-0.2, -0.15) is 0 Å². The SMILES string of the molecule is C(CCNC1CC1)CCN1CCC(N2CCCC2)C1. The van der Waals surface area contributed by atoms with Gasteiger partial charge < -0.3 is 10.2 Å². The number of likely N-dealkylation sites (tertiary alicyclic amines) is 2. The summed E-state index contributed by atoms with van der Waals surface area (Å²) >= 11 is 0. The lowest BCUT2D eigenvalue weighted by molar-refractivity contribution is 0.231. The molecule has 3 rings (SSSR count). The van der Waals surface area contributed by atoms with Crippen LogP contribution >= 0.6 is 0 Å². The molecule has 3 fully saturated rings. The van der Waals surface area contributed by atoms with Crippen LogP contribution in [0.2, 0.25) is 0 Å². The quantitative estimate of drug-likeness (QED) is 0.678. The molecule has 1 N–H and O–H groups in total. The van der Waals surface area contributed by atoms with E-state index in [1.807, 2.05) is 0 Å². The molecule has 1 saturated carbocycles. The average Bonchev–Trinajstić information content (AvgIpc) is 2.93. The molecule has 0 aromatic heterocycles. The standard InChI is InChI=1S/C16H31N3/c1(2-9-17-15-6-7-15)3-10-18-13-8-16(14-18)19-11-4-5-12-19/h15-17H,1-14H2. The zero-order valence-electron chi connectivity index (χ0n) is 12.4. The van der Waals surface area contributed by atoms with Gasteiger partial charge in [0, 0.05) is 18.6 Å². The van der Waals surface area contributed by atoms with Crippen molar-refractivity contribution in [3.05, 3.63) is 0 Å². The number of hydrogen-bond acceptors (Lipinski definition) is 3. The van der Waals surface area contributed by atoms with Crippen LogP contribution in [0.3, 0.4) is 0 Å². The molecule has 3 heteroatoms. The second-order valence-electron chi connectivity index (χ2n) is 6.78. The van der Waals surface area contributed by atoms with Crippen molar-refractivity contribution in [2.75, 3.05) is 39.3 Å². The van der Waals surface area contributed by atoms with Crippen LogP contribution in [0, 0.1) is 0 Å². The summed E-state index contributed by atoms with van der Waals surface area (Å²) in [5.41, 5.74) is 0. The van der Waals surface area contributed by atoms with Crippen molar-refractivity contribution < 1.29 is 0 Å². The molecule has 2 aliphatic heterocycles. The topological polar surface area (TPSA) is 18.5 Å². The summed E-state index contributed by atoms with van der Waals surface area (Å²) in [6.45, 7) is 8.02. The second kappa shape index (κ2) is 7.05. The predicted octanol–water partition coefficient (Wildman–Crippen LogP) is 2.08. The van der Waals surface area contributed by atoms with Gasteiger partial charge in [-0.3, -0.25) is 4.90 Å². The van der Waals surface area contributed by atoms with Crippen molar-refractivity contribution in [1.29, 1.82) is 0 Å². The van der Waals surface area contributed by atoms with Gasteiger partial charge in [-0.1, -0.05) is 6.42 Å². The minimum atomic E-state index is 0.888. The van der Waals surface area contributed by atoms with Crippen molar-refractivity contribution in [3.8, 4) is 0 Å². The van der Waals surface area contributed by atoms with E-state index in [0.717, 1.165) is 12.1 Å². The van der Waals surface area contributed by atoms with E-state index in [4.69, 9.17) is 0 Å². The minimum absolute atomic E-state index is 0.888. The predicted molar refractivity (Wildman–Crippen MR) is 80.5 cm³/mol. The molecule has 19 heavy (non-hydrogen) atoms. The van der Waals surface area contributed by atoms with Crippen molar-refractivity contribution in [1.82, 2.24) is 15.1 Å². The lowest BCUT2D eigenvalue weighted by Gasteiger charge is -2.23. The molecule has 1 atom stereocenters. The normalized spacial score (nSPS) is 29.4. The first-order valence-corrected chi connectivity index (χ1v) is 8.61. The summed E-state index contributed by atoms with van der Waals surface area (Å²) in [5.74, 6) is 0. The Kier molecular flexibility index (Phi) is 5.14. The summed E-state index contributed by atoms with van der Waals surface area (Å²) in [6.07, 6.45) is 11.3. The molecule has 0 aromatic rings. The van der Waals surface area contributed by atoms with Crippen molar-refractivity contribution in [3.63, 3.8) is 0 Å². The molecule has 110 valence electrons. The van der Waals surface area contributed by atoms with E-state index in [2.05, 4.69) is 15.1 Å². The van der Waals surface area contributed by atoms with Crippen LogP contribution in [0.5, 0.6) is 0 Å². The average molecular weight is 265 g/mol. The van der Waals surface area contributed by atoms with Gasteiger partial charge in [0.1, 0.15) is 0 Å². The van der Waals surface area contributed by atoms with Gasteiger partial charge in [-0.15, -0.1) is 0 Å². The molecule has 1 aliphatic carbocycles. The van der Waals surface area contributed by atoms with Gasteiger partial charge in [0.05, 0.1) is 0 Å². The van der Waals surface area contributed by atoms with E-state index < -0.39 is 0 Å². The highest BCUT2D eigenvalue weighted by Crippen LogP contribution is 2.21. The largest absolute Gasteiger partial charge is 0.314 e. The van der Waals surface area contributed by atoms with E-state index in [9.17, 15) is 0 Å². The molecule has 0 aromatic carbocycles. The monoisotopic (exact) mass is 265 g/mol. The maximum absolute atomic E-state index is 3.61. The Labute approximate surface area is 118 Å². The third-order valence-corrected chi connectivity index (χ3v) is 5.07. The maximum Gasteiger partial charge on any atom is 0.0235 e. The van der Waals surface area contributed by atoms with Crippen LogP contribution < -0.4 is 5.32 Å². The van der Waals surface area contributed by atoms with Crippen LogP contribution in [-0.4, -0.2) is 61.2 Å². The number of rotatable bonds is 8. The molecule has 3 aliphatic rings. The number of nitrogens with one attached hydrogen (secondary N) is 1. The van der Waals surface area contributed by atoms with Gasteiger partial charge in [-0.25, -0.2) is 0 Å². The Morgan fingerprint density at radius 3 is 2.53 bits per heavy atom. The Bertz CT molecular complexity index is 259. The molecular formula is C16H31N3. The second-order valence-corrected chi connectivity index (χ2v) is 6.78. The lowest BCUT2D eigenvalue weighted by Crippen LogP contribution is -2.35. The van der Waals surface area contributed by atoms with Gasteiger partial charge in [-0.05, 0) is 77.7 Å². The number of nitrogens with zero attached hydrogens (tertiary/aromatic N) is 2. The highest BCUT2D eigenvalue weighted by molar-refractivity contribution is 4.85. The first-order valence-electron chi connectivity index (χ1n) is 8.61. The van der Waals surface area contributed by atoms with Crippen LogP contribution in [0.15, 0.2) is 0 Å². The van der Waals surface area contributed by atoms with Crippen LogP contribution in [0.4, 0.5) is 0 Å². The first-order chi connectivity index (χ1) is 9.42. The molecule has 1 unspecified atom stereocenters. The maximum atomic E-state index is 3.61. The summed E-state index contributed by atoms with van der Waals surface area (Å²) < 4.78 is 0. The van der Waals surface area contributed by atoms with Gasteiger partial charge in [0.25, 0.3) is 0 Å². The number of unbranched alkanes of at least 4 members (excludes halogenated alkanes) is 2. The number of hydrogen-bond donors (Lipinski definition) is 1. The zero-order valence-corrected chi connectivity index (χ0v) is 12.4. The molecule has 0 spiro atoms. The van der Waals surface area contributed by atoms with Gasteiger partial charge in [0.2, 0.25) is 0 Å².